The molecule has 0 N–H and O–H groups in total. The zero-order chi connectivity index (χ0) is 12.4. The molecule has 1 aromatic carbocycles. The molecule has 1 aliphatic heterocycles. The van der Waals surface area contributed by atoms with Crippen molar-refractivity contribution >= 4 is 17.6 Å². The van der Waals surface area contributed by atoms with Crippen LogP contribution in [0.25, 0.3) is 6.08 Å². The van der Waals surface area contributed by atoms with Crippen molar-refractivity contribution in [2.45, 2.75) is 0 Å². The molecule has 0 spiro atoms. The number of hydrogen-bond acceptors (Lipinski definition) is 4. The second kappa shape index (κ2) is 4.49. The second-order valence-electron chi connectivity index (χ2n) is 3.97. The third-order valence-corrected chi connectivity index (χ3v) is 2.93. The predicted molar refractivity (Wildman–Crippen MR) is 71.1 cm³/mol. The van der Waals surface area contributed by atoms with Crippen LogP contribution in [0.15, 0.2) is 42.9 Å². The Balaban J connectivity index is 2.14. The summed E-state index contributed by atoms with van der Waals surface area (Å²) in [5, 5.41) is 0. The maximum atomic E-state index is 5.44. The van der Waals surface area contributed by atoms with Crippen LogP contribution in [0.4, 0.5) is 11.5 Å². The Morgan fingerprint density at radius 1 is 1.28 bits per heavy atom. The molecule has 0 fully saturated rings. The monoisotopic (exact) mass is 239 g/mol. The highest BCUT2D eigenvalue weighted by atomic mass is 16.5. The lowest BCUT2D eigenvalue weighted by molar-refractivity contribution is 0.415. The normalized spacial score (nSPS) is 13.3. The summed E-state index contributed by atoms with van der Waals surface area (Å²) < 4.78 is 5.44. The molecule has 0 bridgehead atoms. The van der Waals surface area contributed by atoms with E-state index in [2.05, 4.69) is 33.1 Å². The van der Waals surface area contributed by atoms with E-state index < -0.39 is 0 Å². The first-order valence-corrected chi connectivity index (χ1v) is 5.77. The van der Waals surface area contributed by atoms with Crippen LogP contribution in [0, 0.1) is 0 Å². The van der Waals surface area contributed by atoms with Gasteiger partial charge in [0, 0.05) is 24.5 Å². The van der Waals surface area contributed by atoms with Gasteiger partial charge in [-0.15, -0.1) is 0 Å². The van der Waals surface area contributed by atoms with E-state index in [0.717, 1.165) is 29.4 Å². The van der Waals surface area contributed by atoms with Gasteiger partial charge in [-0.2, -0.15) is 0 Å². The molecule has 4 heteroatoms. The van der Waals surface area contributed by atoms with E-state index in [-0.39, 0.29) is 0 Å². The molecular formula is C14H13N3O. The molecule has 1 aliphatic rings. The first-order valence-electron chi connectivity index (χ1n) is 5.77. The van der Waals surface area contributed by atoms with Crippen molar-refractivity contribution in [3.8, 4) is 5.75 Å². The van der Waals surface area contributed by atoms with Crippen LogP contribution in [-0.4, -0.2) is 23.6 Å². The van der Waals surface area contributed by atoms with Crippen LogP contribution in [0.2, 0.25) is 0 Å². The first kappa shape index (κ1) is 10.8. The summed E-state index contributed by atoms with van der Waals surface area (Å²) in [5.41, 5.74) is 2.18. The van der Waals surface area contributed by atoms with Crippen molar-refractivity contribution in [1.29, 1.82) is 0 Å². The van der Waals surface area contributed by atoms with Crippen LogP contribution < -0.4 is 9.64 Å². The minimum absolute atomic E-state index is 0.770. The van der Waals surface area contributed by atoms with Crippen LogP contribution >= 0.6 is 0 Å². The molecule has 0 atom stereocenters. The van der Waals surface area contributed by atoms with Crippen molar-refractivity contribution in [1.82, 2.24) is 9.97 Å². The van der Waals surface area contributed by atoms with Crippen molar-refractivity contribution in [3.05, 3.63) is 48.4 Å². The van der Waals surface area contributed by atoms with Gasteiger partial charge in [0.15, 0.2) is 5.82 Å². The molecule has 2 heterocycles. The highest BCUT2D eigenvalue weighted by molar-refractivity contribution is 5.80. The summed E-state index contributed by atoms with van der Waals surface area (Å²) in [6.45, 7) is 0.770. The lowest BCUT2D eigenvalue weighted by Crippen LogP contribution is -2.22. The lowest BCUT2D eigenvalue weighted by atomic mass is 10.1. The second-order valence-corrected chi connectivity index (χ2v) is 3.97. The number of hydrogen-bond donors (Lipinski definition) is 0. The number of methoxy groups -OCH3 is 1. The molecule has 3 rings (SSSR count). The van der Waals surface area contributed by atoms with E-state index in [4.69, 9.17) is 4.74 Å². The topological polar surface area (TPSA) is 38.2 Å². The fraction of sp³-hybridized carbons (Fsp3) is 0.143. The predicted octanol–water partition coefficient (Wildman–Crippen LogP) is 2.65. The Morgan fingerprint density at radius 2 is 2.22 bits per heavy atom. The molecule has 0 radical (unpaired) electrons. The molecular weight excluding hydrogens is 226 g/mol. The minimum Gasteiger partial charge on any atom is -0.495 e. The molecule has 90 valence electrons. The van der Waals surface area contributed by atoms with Crippen molar-refractivity contribution in [2.75, 3.05) is 18.6 Å². The molecule has 1 aromatic heterocycles. The quantitative estimate of drug-likeness (QED) is 0.807. The van der Waals surface area contributed by atoms with Crippen LogP contribution in [0.5, 0.6) is 5.75 Å². The fourth-order valence-electron chi connectivity index (χ4n) is 2.14. The van der Waals surface area contributed by atoms with Crippen molar-refractivity contribution in [2.24, 2.45) is 0 Å². The number of fused-ring (bicyclic) bond motifs is 1. The van der Waals surface area contributed by atoms with E-state index in [9.17, 15) is 0 Å². The highest BCUT2D eigenvalue weighted by Gasteiger charge is 2.19. The molecule has 0 saturated heterocycles. The van der Waals surface area contributed by atoms with E-state index in [1.807, 2.05) is 12.1 Å². The molecule has 4 nitrogen and oxygen atoms in total. The lowest BCUT2D eigenvalue weighted by Gasteiger charge is -2.28. The zero-order valence-corrected chi connectivity index (χ0v) is 10.1. The van der Waals surface area contributed by atoms with Gasteiger partial charge in [0.1, 0.15) is 5.75 Å². The maximum absolute atomic E-state index is 5.44. The zero-order valence-electron chi connectivity index (χ0n) is 10.1. The van der Waals surface area contributed by atoms with E-state index in [0.29, 0.717) is 0 Å². The number of aromatic nitrogens is 2. The minimum atomic E-state index is 0.770. The van der Waals surface area contributed by atoms with Gasteiger partial charge in [-0.1, -0.05) is 24.3 Å². The van der Waals surface area contributed by atoms with Gasteiger partial charge >= 0.3 is 0 Å². The van der Waals surface area contributed by atoms with E-state index >= 15 is 0 Å². The summed E-state index contributed by atoms with van der Waals surface area (Å²) in [5.74, 6) is 1.68. The Kier molecular flexibility index (Phi) is 2.68. The average molecular weight is 239 g/mol. The maximum Gasteiger partial charge on any atom is 0.151 e. The standard InChI is InChI=1S/C14H13N3O/c1-18-12-6-2-4-11-5-3-9-17(14(11)12)13-10-15-7-8-16-13/h2-8,10H,9H2,1H3. The molecule has 2 aromatic rings. The largest absolute Gasteiger partial charge is 0.495 e. The Morgan fingerprint density at radius 3 is 3.00 bits per heavy atom. The number of ether oxygens (including phenoxy) is 1. The Bertz CT molecular complexity index is 581. The number of para-hydroxylation sites is 1. The van der Waals surface area contributed by atoms with Crippen LogP contribution in [0.3, 0.4) is 0 Å². The summed E-state index contributed by atoms with van der Waals surface area (Å²) in [6.07, 6.45) is 9.34. The third-order valence-electron chi connectivity index (χ3n) is 2.93. The number of anilines is 2. The van der Waals surface area contributed by atoms with Crippen molar-refractivity contribution < 1.29 is 4.74 Å². The number of benzene rings is 1. The summed E-state index contributed by atoms with van der Waals surface area (Å²) in [7, 11) is 1.68. The van der Waals surface area contributed by atoms with Crippen molar-refractivity contribution in [3.63, 3.8) is 0 Å². The summed E-state index contributed by atoms with van der Waals surface area (Å²) in [6, 6.07) is 6.01. The summed E-state index contributed by atoms with van der Waals surface area (Å²) >= 11 is 0. The smallest absolute Gasteiger partial charge is 0.151 e. The number of rotatable bonds is 2. The van der Waals surface area contributed by atoms with Crippen LogP contribution in [0.1, 0.15) is 5.56 Å². The van der Waals surface area contributed by atoms with Crippen LogP contribution in [-0.2, 0) is 0 Å². The number of nitrogens with zero attached hydrogens (tertiary/aromatic N) is 3. The third kappa shape index (κ3) is 1.72. The molecule has 0 amide bonds. The van der Waals surface area contributed by atoms with E-state index in [1.54, 1.807) is 25.7 Å². The Hall–Kier alpha value is -2.36. The van der Waals surface area contributed by atoms with Gasteiger partial charge in [0.2, 0.25) is 0 Å². The molecule has 18 heavy (non-hydrogen) atoms. The van der Waals surface area contributed by atoms with Gasteiger partial charge in [-0.05, 0) is 6.07 Å². The fourth-order valence-corrected chi connectivity index (χ4v) is 2.14. The van der Waals surface area contributed by atoms with Gasteiger partial charge < -0.3 is 9.64 Å². The first-order chi connectivity index (χ1) is 8.90. The Labute approximate surface area is 106 Å². The SMILES string of the molecule is COc1cccc2c1N(c1cnccn1)CC=C2. The highest BCUT2D eigenvalue weighted by Crippen LogP contribution is 2.38. The molecule has 0 unspecified atom stereocenters. The molecule has 0 aliphatic carbocycles. The summed E-state index contributed by atoms with van der Waals surface area (Å²) in [4.78, 5) is 10.6. The average Bonchev–Trinajstić information content (AvgIpc) is 2.47. The van der Waals surface area contributed by atoms with Gasteiger partial charge in [0.25, 0.3) is 0 Å². The van der Waals surface area contributed by atoms with Gasteiger partial charge in [0.05, 0.1) is 19.0 Å². The van der Waals surface area contributed by atoms with Gasteiger partial charge in [-0.25, -0.2) is 4.98 Å². The van der Waals surface area contributed by atoms with Gasteiger partial charge in [-0.3, -0.25) is 4.98 Å². The van der Waals surface area contributed by atoms with E-state index in [1.165, 1.54) is 0 Å². The molecule has 0 saturated carbocycles.